The van der Waals surface area contributed by atoms with Crippen LogP contribution in [0.1, 0.15) is 13.3 Å². The van der Waals surface area contributed by atoms with Crippen molar-refractivity contribution in [1.29, 1.82) is 0 Å². The highest BCUT2D eigenvalue weighted by Gasteiger charge is 2.19. The third kappa shape index (κ3) is 5.57. The predicted molar refractivity (Wildman–Crippen MR) is 113 cm³/mol. The number of amides is 1. The summed E-state index contributed by atoms with van der Waals surface area (Å²) in [7, 11) is -3.74. The lowest BCUT2D eigenvalue weighted by Gasteiger charge is -2.17. The Kier molecular flexibility index (Phi) is 6.68. The lowest BCUT2D eigenvalue weighted by molar-refractivity contribution is -0.122. The van der Waals surface area contributed by atoms with Crippen LogP contribution in [-0.4, -0.2) is 20.4 Å². The SMILES string of the molecule is CC[C@@H](Oc1ccc(F)cc1)C(=O)Nc1ccc(S(=O)(=O)Nc2ccccc2)cc1. The number of carbonyl (C=O) groups is 1. The van der Waals surface area contributed by atoms with Crippen LogP contribution in [0.4, 0.5) is 15.8 Å². The molecule has 2 N–H and O–H groups in total. The zero-order valence-corrected chi connectivity index (χ0v) is 17.0. The monoisotopic (exact) mass is 428 g/mol. The Bertz CT molecular complexity index is 1090. The molecule has 1 atom stereocenters. The van der Waals surface area contributed by atoms with Gasteiger partial charge in [0.05, 0.1) is 4.90 Å². The normalized spacial score (nSPS) is 12.1. The second kappa shape index (κ2) is 9.41. The molecule has 0 fully saturated rings. The van der Waals surface area contributed by atoms with Crippen LogP contribution < -0.4 is 14.8 Å². The number of rotatable bonds is 8. The van der Waals surface area contributed by atoms with Crippen LogP contribution >= 0.6 is 0 Å². The lowest BCUT2D eigenvalue weighted by Crippen LogP contribution is -2.32. The molecule has 0 saturated heterocycles. The third-order valence-corrected chi connectivity index (χ3v) is 5.61. The molecule has 30 heavy (non-hydrogen) atoms. The fourth-order valence-electron chi connectivity index (χ4n) is 2.66. The maximum absolute atomic E-state index is 13.0. The Balaban J connectivity index is 1.65. The fourth-order valence-corrected chi connectivity index (χ4v) is 3.72. The maximum atomic E-state index is 13.0. The van der Waals surface area contributed by atoms with Crippen molar-refractivity contribution in [2.75, 3.05) is 10.0 Å². The molecule has 1 amide bonds. The van der Waals surface area contributed by atoms with E-state index in [1.165, 1.54) is 48.5 Å². The first-order chi connectivity index (χ1) is 14.4. The van der Waals surface area contributed by atoms with Crippen LogP contribution in [-0.2, 0) is 14.8 Å². The highest BCUT2D eigenvalue weighted by atomic mass is 32.2. The summed E-state index contributed by atoms with van der Waals surface area (Å²) < 4.78 is 46.1. The van der Waals surface area contributed by atoms with E-state index in [1.807, 2.05) is 0 Å². The number of carbonyl (C=O) groups excluding carboxylic acids is 1. The highest BCUT2D eigenvalue weighted by molar-refractivity contribution is 7.92. The quantitative estimate of drug-likeness (QED) is 0.556. The summed E-state index contributed by atoms with van der Waals surface area (Å²) in [5.41, 5.74) is 0.887. The van der Waals surface area contributed by atoms with Crippen molar-refractivity contribution in [2.45, 2.75) is 24.3 Å². The van der Waals surface area contributed by atoms with Gasteiger partial charge in [0.2, 0.25) is 0 Å². The van der Waals surface area contributed by atoms with Gasteiger partial charge in [-0.15, -0.1) is 0 Å². The predicted octanol–water partition coefficient (Wildman–Crippen LogP) is 4.42. The number of sulfonamides is 1. The van der Waals surface area contributed by atoms with Gasteiger partial charge < -0.3 is 10.1 Å². The molecular weight excluding hydrogens is 407 g/mol. The number of hydrogen-bond donors (Lipinski definition) is 2. The van der Waals surface area contributed by atoms with Crippen molar-refractivity contribution in [3.8, 4) is 5.75 Å². The van der Waals surface area contributed by atoms with Gasteiger partial charge in [-0.25, -0.2) is 12.8 Å². The molecule has 0 saturated carbocycles. The molecule has 0 bridgehead atoms. The molecule has 156 valence electrons. The van der Waals surface area contributed by atoms with E-state index in [9.17, 15) is 17.6 Å². The van der Waals surface area contributed by atoms with Gasteiger partial charge in [-0.2, -0.15) is 0 Å². The Labute approximate surface area is 174 Å². The summed E-state index contributed by atoms with van der Waals surface area (Å²) in [4.78, 5) is 12.6. The molecule has 0 unspecified atom stereocenters. The van der Waals surface area contributed by atoms with E-state index in [-0.39, 0.29) is 10.8 Å². The maximum Gasteiger partial charge on any atom is 0.265 e. The lowest BCUT2D eigenvalue weighted by atomic mass is 10.2. The van der Waals surface area contributed by atoms with Crippen LogP contribution in [0.15, 0.2) is 83.8 Å². The minimum atomic E-state index is -3.74. The van der Waals surface area contributed by atoms with Gasteiger partial charge in [0.25, 0.3) is 15.9 Å². The van der Waals surface area contributed by atoms with E-state index in [2.05, 4.69) is 10.0 Å². The van der Waals surface area contributed by atoms with Gasteiger partial charge in [-0.05, 0) is 67.1 Å². The smallest absolute Gasteiger partial charge is 0.265 e. The van der Waals surface area contributed by atoms with Crippen LogP contribution in [0, 0.1) is 5.82 Å². The largest absolute Gasteiger partial charge is 0.481 e. The molecule has 3 aromatic carbocycles. The van der Waals surface area contributed by atoms with Crippen LogP contribution in [0.5, 0.6) is 5.75 Å². The average Bonchev–Trinajstić information content (AvgIpc) is 2.74. The number of anilines is 2. The molecule has 6 nitrogen and oxygen atoms in total. The summed E-state index contributed by atoms with van der Waals surface area (Å²) in [5.74, 6) is -0.400. The molecule has 0 spiro atoms. The van der Waals surface area contributed by atoms with Crippen molar-refractivity contribution in [1.82, 2.24) is 0 Å². The van der Waals surface area contributed by atoms with Crippen molar-refractivity contribution in [3.63, 3.8) is 0 Å². The second-order valence-electron chi connectivity index (χ2n) is 6.45. The van der Waals surface area contributed by atoms with Crippen molar-refractivity contribution >= 4 is 27.3 Å². The molecule has 0 radical (unpaired) electrons. The zero-order chi connectivity index (χ0) is 21.6. The first-order valence-corrected chi connectivity index (χ1v) is 10.8. The van der Waals surface area contributed by atoms with Gasteiger partial charge >= 0.3 is 0 Å². The number of halogens is 1. The zero-order valence-electron chi connectivity index (χ0n) is 16.2. The summed E-state index contributed by atoms with van der Waals surface area (Å²) in [5, 5.41) is 2.70. The van der Waals surface area contributed by atoms with Gasteiger partial charge in [0, 0.05) is 11.4 Å². The highest BCUT2D eigenvalue weighted by Crippen LogP contribution is 2.19. The molecule has 8 heteroatoms. The Morgan fingerprint density at radius 3 is 2.17 bits per heavy atom. The standard InChI is InChI=1S/C22H21FN2O4S/c1-2-21(29-19-12-8-16(23)9-13-19)22(26)24-17-10-14-20(15-11-17)30(27,28)25-18-6-4-3-5-7-18/h3-15,21,25H,2H2,1H3,(H,24,26)/t21-/m1/s1. The molecular formula is C22H21FN2O4S. The second-order valence-corrected chi connectivity index (χ2v) is 8.14. The number of para-hydroxylation sites is 1. The van der Waals surface area contributed by atoms with Gasteiger partial charge in [-0.1, -0.05) is 25.1 Å². The van der Waals surface area contributed by atoms with Crippen LogP contribution in [0.2, 0.25) is 0 Å². The van der Waals surface area contributed by atoms with E-state index in [4.69, 9.17) is 4.74 Å². The summed E-state index contributed by atoms with van der Waals surface area (Å²) >= 11 is 0. The summed E-state index contributed by atoms with van der Waals surface area (Å²) in [6.07, 6.45) is -0.380. The number of nitrogens with one attached hydrogen (secondary N) is 2. The van der Waals surface area contributed by atoms with Crippen LogP contribution in [0.25, 0.3) is 0 Å². The summed E-state index contributed by atoms with van der Waals surface area (Å²) in [6.45, 7) is 1.79. The molecule has 3 rings (SSSR count). The Morgan fingerprint density at radius 2 is 1.57 bits per heavy atom. The van der Waals surface area contributed by atoms with Crippen molar-refractivity contribution < 1.29 is 22.3 Å². The Hall–Kier alpha value is -3.39. The van der Waals surface area contributed by atoms with Gasteiger partial charge in [-0.3, -0.25) is 9.52 Å². The third-order valence-electron chi connectivity index (χ3n) is 4.21. The topological polar surface area (TPSA) is 84.5 Å². The number of hydrogen-bond acceptors (Lipinski definition) is 4. The molecule has 0 aromatic heterocycles. The van der Waals surface area contributed by atoms with Gasteiger partial charge in [0.15, 0.2) is 6.10 Å². The minimum Gasteiger partial charge on any atom is -0.481 e. The van der Waals surface area contributed by atoms with Crippen molar-refractivity contribution in [3.05, 3.63) is 84.7 Å². The fraction of sp³-hybridized carbons (Fsp3) is 0.136. The molecule has 3 aromatic rings. The first-order valence-electron chi connectivity index (χ1n) is 9.28. The number of benzene rings is 3. The van der Waals surface area contributed by atoms with E-state index in [0.29, 0.717) is 23.5 Å². The van der Waals surface area contributed by atoms with E-state index >= 15 is 0 Å². The average molecular weight is 428 g/mol. The molecule has 0 aliphatic carbocycles. The molecule has 0 heterocycles. The molecule has 0 aliphatic rings. The molecule has 0 aliphatic heterocycles. The first kappa shape index (κ1) is 21.3. The van der Waals surface area contributed by atoms with E-state index < -0.39 is 21.9 Å². The van der Waals surface area contributed by atoms with Gasteiger partial charge in [0.1, 0.15) is 11.6 Å². The minimum absolute atomic E-state index is 0.0685. The van der Waals surface area contributed by atoms with Crippen LogP contribution in [0.3, 0.4) is 0 Å². The number of ether oxygens (including phenoxy) is 1. The Morgan fingerprint density at radius 1 is 0.933 bits per heavy atom. The summed E-state index contributed by atoms with van der Waals surface area (Å²) in [6, 6.07) is 19.8. The van der Waals surface area contributed by atoms with E-state index in [1.54, 1.807) is 37.3 Å². The van der Waals surface area contributed by atoms with Crippen molar-refractivity contribution in [2.24, 2.45) is 0 Å². The van der Waals surface area contributed by atoms with E-state index in [0.717, 1.165) is 0 Å².